The molecule has 3 N–H and O–H groups in total. The highest BCUT2D eigenvalue weighted by atomic mass is 16.5. The molecule has 0 aliphatic rings. The summed E-state index contributed by atoms with van der Waals surface area (Å²) in [7, 11) is 0. The van der Waals surface area contributed by atoms with E-state index in [1.54, 1.807) is 0 Å². The van der Waals surface area contributed by atoms with E-state index >= 15 is 0 Å². The average Bonchev–Trinajstić information content (AvgIpc) is 2.23. The molecule has 0 spiro atoms. The maximum atomic E-state index is 11.5. The quantitative estimate of drug-likeness (QED) is 0.533. The van der Waals surface area contributed by atoms with E-state index in [-0.39, 0.29) is 17.9 Å². The third-order valence-electron chi connectivity index (χ3n) is 2.24. The van der Waals surface area contributed by atoms with Crippen molar-refractivity contribution in [2.75, 3.05) is 6.61 Å². The van der Waals surface area contributed by atoms with Crippen LogP contribution in [-0.4, -0.2) is 30.1 Å². The van der Waals surface area contributed by atoms with E-state index in [2.05, 4.69) is 5.32 Å². The highest BCUT2D eigenvalue weighted by molar-refractivity contribution is 5.79. The Morgan fingerprint density at radius 1 is 1.33 bits per heavy atom. The highest BCUT2D eigenvalue weighted by Gasteiger charge is 2.18. The Kier molecular flexibility index (Phi) is 7.59. The van der Waals surface area contributed by atoms with Crippen LogP contribution in [0, 0.1) is 0 Å². The Morgan fingerprint density at radius 2 is 1.94 bits per heavy atom. The minimum atomic E-state index is -0.715. The molecular weight excluding hydrogens is 232 g/mol. The summed E-state index contributed by atoms with van der Waals surface area (Å²) in [6.45, 7) is 8.14. The molecule has 1 atom stereocenters. The van der Waals surface area contributed by atoms with Crippen LogP contribution >= 0.6 is 0 Å². The molecule has 0 unspecified atom stereocenters. The number of rotatable bonds is 7. The van der Waals surface area contributed by atoms with Gasteiger partial charge in [0.25, 0.3) is 0 Å². The number of carbonyl (C=O) groups excluding carboxylic acids is 2. The molecule has 0 aromatic rings. The van der Waals surface area contributed by atoms with Gasteiger partial charge in [-0.1, -0.05) is 13.3 Å². The van der Waals surface area contributed by atoms with Crippen molar-refractivity contribution < 1.29 is 14.3 Å². The van der Waals surface area contributed by atoms with E-state index < -0.39 is 12.0 Å². The van der Waals surface area contributed by atoms with Gasteiger partial charge in [-0.3, -0.25) is 9.59 Å². The fourth-order valence-electron chi connectivity index (χ4n) is 1.31. The Bertz CT molecular complexity index is 272. The van der Waals surface area contributed by atoms with Crippen LogP contribution in [0.15, 0.2) is 0 Å². The molecule has 0 heterocycles. The number of amides is 1. The van der Waals surface area contributed by atoms with Gasteiger partial charge < -0.3 is 15.8 Å². The monoisotopic (exact) mass is 258 g/mol. The molecule has 0 radical (unpaired) electrons. The predicted molar refractivity (Wildman–Crippen MR) is 71.0 cm³/mol. The molecule has 5 heteroatoms. The molecule has 0 aromatic carbocycles. The van der Waals surface area contributed by atoms with Gasteiger partial charge in [0.05, 0.1) is 6.61 Å². The number of ether oxygens (including phenoxy) is 1. The summed E-state index contributed by atoms with van der Waals surface area (Å²) in [6, 6.07) is -0.715. The summed E-state index contributed by atoms with van der Waals surface area (Å²) in [4.78, 5) is 23.0. The fraction of sp³-hybridized carbons (Fsp3) is 0.846. The van der Waals surface area contributed by atoms with Gasteiger partial charge in [-0.05, 0) is 33.6 Å². The predicted octanol–water partition coefficient (Wildman–Crippen LogP) is 1.35. The molecule has 0 saturated heterocycles. The van der Waals surface area contributed by atoms with Crippen LogP contribution in [0.5, 0.6) is 0 Å². The number of carbonyl (C=O) groups is 2. The lowest BCUT2D eigenvalue weighted by atomic mass is 10.1. The maximum absolute atomic E-state index is 11.5. The number of hydrogen-bond donors (Lipinski definition) is 2. The van der Waals surface area contributed by atoms with Gasteiger partial charge in [0.2, 0.25) is 5.91 Å². The Balaban J connectivity index is 3.84. The minimum Gasteiger partial charge on any atom is -0.465 e. The molecular formula is C13H26N2O3. The highest BCUT2D eigenvalue weighted by Crippen LogP contribution is 2.03. The Hall–Kier alpha value is -1.10. The first-order valence-corrected chi connectivity index (χ1v) is 6.49. The number of unbranched alkanes of at least 4 members (excludes halogenated alkanes) is 1. The lowest BCUT2D eigenvalue weighted by Gasteiger charge is -2.20. The lowest BCUT2D eigenvalue weighted by Crippen LogP contribution is -2.41. The van der Waals surface area contributed by atoms with Crippen molar-refractivity contribution in [1.29, 1.82) is 0 Å². The van der Waals surface area contributed by atoms with Crippen LogP contribution in [0.1, 0.15) is 53.4 Å². The van der Waals surface area contributed by atoms with Crippen molar-refractivity contribution in [2.24, 2.45) is 5.73 Å². The molecule has 0 saturated carbocycles. The second-order valence-corrected chi connectivity index (χ2v) is 5.46. The zero-order valence-corrected chi connectivity index (χ0v) is 11.9. The summed E-state index contributed by atoms with van der Waals surface area (Å²) in [5, 5.41) is 2.82. The Morgan fingerprint density at radius 3 is 2.44 bits per heavy atom. The molecule has 106 valence electrons. The van der Waals surface area contributed by atoms with Gasteiger partial charge >= 0.3 is 5.97 Å². The second-order valence-electron chi connectivity index (χ2n) is 5.46. The van der Waals surface area contributed by atoms with Gasteiger partial charge in [0.15, 0.2) is 0 Å². The molecule has 0 bridgehead atoms. The van der Waals surface area contributed by atoms with Crippen LogP contribution in [0.2, 0.25) is 0 Å². The van der Waals surface area contributed by atoms with Crippen LogP contribution in [-0.2, 0) is 14.3 Å². The van der Waals surface area contributed by atoms with Crippen molar-refractivity contribution in [3.05, 3.63) is 0 Å². The topological polar surface area (TPSA) is 81.4 Å². The van der Waals surface area contributed by atoms with Crippen LogP contribution in [0.3, 0.4) is 0 Å². The molecule has 0 fully saturated rings. The van der Waals surface area contributed by atoms with E-state index in [0.717, 1.165) is 12.8 Å². The van der Waals surface area contributed by atoms with Gasteiger partial charge in [-0.2, -0.15) is 0 Å². The normalized spacial score (nSPS) is 12.9. The maximum Gasteiger partial charge on any atom is 0.322 e. The molecule has 18 heavy (non-hydrogen) atoms. The number of nitrogens with two attached hydrogens (primary N) is 1. The van der Waals surface area contributed by atoms with Gasteiger partial charge in [-0.25, -0.2) is 0 Å². The zero-order chi connectivity index (χ0) is 14.2. The molecule has 5 nitrogen and oxygen atoms in total. The zero-order valence-electron chi connectivity index (χ0n) is 11.9. The van der Waals surface area contributed by atoms with Crippen LogP contribution in [0.25, 0.3) is 0 Å². The molecule has 0 aliphatic carbocycles. The van der Waals surface area contributed by atoms with Crippen LogP contribution < -0.4 is 11.1 Å². The SMILES string of the molecule is CCCCOC(=O)[C@@H](N)CCC(=O)NC(C)(C)C. The average molecular weight is 258 g/mol. The summed E-state index contributed by atoms with van der Waals surface area (Å²) in [6.07, 6.45) is 2.35. The van der Waals surface area contributed by atoms with E-state index in [9.17, 15) is 9.59 Å². The van der Waals surface area contributed by atoms with E-state index in [1.807, 2.05) is 27.7 Å². The first-order valence-electron chi connectivity index (χ1n) is 6.49. The van der Waals surface area contributed by atoms with E-state index in [0.29, 0.717) is 13.0 Å². The third kappa shape index (κ3) is 8.98. The Labute approximate surface area is 109 Å². The summed E-state index contributed by atoms with van der Waals surface area (Å²) in [5.74, 6) is -0.522. The van der Waals surface area contributed by atoms with Gasteiger partial charge in [0, 0.05) is 12.0 Å². The van der Waals surface area contributed by atoms with Crippen molar-refractivity contribution >= 4 is 11.9 Å². The van der Waals surface area contributed by atoms with Crippen molar-refractivity contribution in [3.8, 4) is 0 Å². The van der Waals surface area contributed by atoms with Crippen molar-refractivity contribution in [2.45, 2.75) is 65.0 Å². The van der Waals surface area contributed by atoms with Crippen molar-refractivity contribution in [3.63, 3.8) is 0 Å². The van der Waals surface area contributed by atoms with Crippen molar-refractivity contribution in [1.82, 2.24) is 5.32 Å². The van der Waals surface area contributed by atoms with Gasteiger partial charge in [0.1, 0.15) is 6.04 Å². The number of hydrogen-bond acceptors (Lipinski definition) is 4. The summed E-state index contributed by atoms with van der Waals surface area (Å²) in [5.41, 5.74) is 5.40. The van der Waals surface area contributed by atoms with E-state index in [1.165, 1.54) is 0 Å². The largest absolute Gasteiger partial charge is 0.465 e. The fourth-order valence-corrected chi connectivity index (χ4v) is 1.31. The molecule has 1 amide bonds. The third-order valence-corrected chi connectivity index (χ3v) is 2.24. The standard InChI is InChI=1S/C13H26N2O3/c1-5-6-9-18-12(17)10(14)7-8-11(16)15-13(2,3)4/h10H,5-9,14H2,1-4H3,(H,15,16)/t10-/m0/s1. The minimum absolute atomic E-state index is 0.0979. The number of esters is 1. The molecule has 0 rings (SSSR count). The van der Waals surface area contributed by atoms with E-state index in [4.69, 9.17) is 10.5 Å². The second kappa shape index (κ2) is 8.08. The first kappa shape index (κ1) is 16.9. The molecule has 0 aliphatic heterocycles. The first-order chi connectivity index (χ1) is 8.26. The molecule has 0 aromatic heterocycles. The number of nitrogens with one attached hydrogen (secondary N) is 1. The smallest absolute Gasteiger partial charge is 0.322 e. The lowest BCUT2D eigenvalue weighted by molar-refractivity contribution is -0.145. The summed E-state index contributed by atoms with van der Waals surface area (Å²) < 4.78 is 4.98. The van der Waals surface area contributed by atoms with Crippen LogP contribution in [0.4, 0.5) is 0 Å². The summed E-state index contributed by atoms with van der Waals surface area (Å²) >= 11 is 0. The van der Waals surface area contributed by atoms with Gasteiger partial charge in [-0.15, -0.1) is 0 Å².